The average Bonchev–Trinajstić information content (AvgIpc) is 2.87. The molecule has 0 aliphatic rings. The van der Waals surface area contributed by atoms with Crippen LogP contribution in [-0.4, -0.2) is 16.1 Å². The van der Waals surface area contributed by atoms with Crippen LogP contribution >= 0.6 is 0 Å². The second-order valence-corrected chi connectivity index (χ2v) is 4.54. The Hall–Kier alpha value is -2.11. The molecule has 106 valence electrons. The SMILES string of the molecule is CCC(C)n1cc(C=O)c(-c2cc(F)c(F)c(F)c2)n1. The van der Waals surface area contributed by atoms with Crippen LogP contribution in [0.5, 0.6) is 0 Å². The Kier molecular flexibility index (Phi) is 3.92. The van der Waals surface area contributed by atoms with Gasteiger partial charge in [-0.25, -0.2) is 13.2 Å². The third-order valence-electron chi connectivity index (χ3n) is 3.19. The van der Waals surface area contributed by atoms with Gasteiger partial charge >= 0.3 is 0 Å². The van der Waals surface area contributed by atoms with Crippen molar-refractivity contribution in [1.29, 1.82) is 0 Å². The van der Waals surface area contributed by atoms with E-state index < -0.39 is 17.5 Å². The first-order valence-electron chi connectivity index (χ1n) is 6.17. The monoisotopic (exact) mass is 282 g/mol. The number of aromatic nitrogens is 2. The molecule has 0 saturated heterocycles. The van der Waals surface area contributed by atoms with Crippen molar-refractivity contribution in [1.82, 2.24) is 9.78 Å². The number of hydrogen-bond donors (Lipinski definition) is 0. The summed E-state index contributed by atoms with van der Waals surface area (Å²) in [4.78, 5) is 11.0. The van der Waals surface area contributed by atoms with Gasteiger partial charge in [-0.1, -0.05) is 6.92 Å². The maximum Gasteiger partial charge on any atom is 0.194 e. The highest BCUT2D eigenvalue weighted by atomic mass is 19.2. The molecule has 0 saturated carbocycles. The molecule has 0 aliphatic carbocycles. The number of carbonyl (C=O) groups is 1. The first-order chi connectivity index (χ1) is 9.47. The molecule has 3 nitrogen and oxygen atoms in total. The van der Waals surface area contributed by atoms with Gasteiger partial charge in [-0.05, 0) is 25.5 Å². The summed E-state index contributed by atoms with van der Waals surface area (Å²) in [5.41, 5.74) is 0.374. The van der Waals surface area contributed by atoms with E-state index in [2.05, 4.69) is 5.10 Å². The Morgan fingerprint density at radius 1 is 1.30 bits per heavy atom. The lowest BCUT2D eigenvalue weighted by atomic mass is 10.1. The minimum atomic E-state index is -1.54. The highest BCUT2D eigenvalue weighted by molar-refractivity contribution is 5.85. The Morgan fingerprint density at radius 2 is 1.90 bits per heavy atom. The van der Waals surface area contributed by atoms with Gasteiger partial charge in [0.1, 0.15) is 5.69 Å². The molecule has 0 amide bonds. The molecular weight excluding hydrogens is 269 g/mol. The molecule has 0 bridgehead atoms. The van der Waals surface area contributed by atoms with Crippen molar-refractivity contribution >= 4 is 6.29 Å². The fourth-order valence-electron chi connectivity index (χ4n) is 1.82. The van der Waals surface area contributed by atoms with Gasteiger partial charge < -0.3 is 0 Å². The molecule has 6 heteroatoms. The molecule has 0 aliphatic heterocycles. The van der Waals surface area contributed by atoms with Gasteiger partial charge in [-0.3, -0.25) is 9.48 Å². The molecule has 1 aromatic carbocycles. The Labute approximate surface area is 114 Å². The molecule has 20 heavy (non-hydrogen) atoms. The van der Waals surface area contributed by atoms with E-state index in [0.717, 1.165) is 18.6 Å². The fourth-order valence-corrected chi connectivity index (χ4v) is 1.82. The van der Waals surface area contributed by atoms with Crippen LogP contribution in [0.3, 0.4) is 0 Å². The first kappa shape index (κ1) is 14.3. The van der Waals surface area contributed by atoms with Crippen LogP contribution in [0, 0.1) is 17.5 Å². The van der Waals surface area contributed by atoms with Gasteiger partial charge in [0.25, 0.3) is 0 Å². The summed E-state index contributed by atoms with van der Waals surface area (Å²) in [6.45, 7) is 3.85. The fraction of sp³-hybridized carbons (Fsp3) is 0.286. The third kappa shape index (κ3) is 2.45. The quantitative estimate of drug-likeness (QED) is 0.632. The smallest absolute Gasteiger partial charge is 0.194 e. The van der Waals surface area contributed by atoms with Crippen molar-refractivity contribution in [2.24, 2.45) is 0 Å². The third-order valence-corrected chi connectivity index (χ3v) is 3.19. The normalized spacial score (nSPS) is 12.4. The molecule has 0 N–H and O–H groups in total. The predicted molar refractivity (Wildman–Crippen MR) is 67.9 cm³/mol. The number of halogens is 3. The number of aldehydes is 1. The number of benzene rings is 1. The maximum atomic E-state index is 13.3. The summed E-state index contributed by atoms with van der Waals surface area (Å²) >= 11 is 0. The molecular formula is C14H13F3N2O. The predicted octanol–water partition coefficient (Wildman–Crippen LogP) is 3.75. The van der Waals surface area contributed by atoms with Gasteiger partial charge in [-0.2, -0.15) is 5.10 Å². The molecule has 0 radical (unpaired) electrons. The average molecular weight is 282 g/mol. The lowest BCUT2D eigenvalue weighted by Gasteiger charge is -2.08. The molecule has 1 heterocycles. The summed E-state index contributed by atoms with van der Waals surface area (Å²) < 4.78 is 41.0. The summed E-state index contributed by atoms with van der Waals surface area (Å²) in [6.07, 6.45) is 2.85. The van der Waals surface area contributed by atoms with Crippen LogP contribution in [0.25, 0.3) is 11.3 Å². The van der Waals surface area contributed by atoms with E-state index >= 15 is 0 Å². The largest absolute Gasteiger partial charge is 0.298 e. The Bertz CT molecular complexity index is 629. The van der Waals surface area contributed by atoms with E-state index in [4.69, 9.17) is 0 Å². The van der Waals surface area contributed by atoms with E-state index in [9.17, 15) is 18.0 Å². The van der Waals surface area contributed by atoms with Gasteiger partial charge in [0.05, 0.1) is 5.56 Å². The van der Waals surface area contributed by atoms with Gasteiger partial charge in [0, 0.05) is 17.8 Å². The Balaban J connectivity index is 2.57. The number of hydrogen-bond acceptors (Lipinski definition) is 2. The van der Waals surface area contributed by atoms with Crippen molar-refractivity contribution in [3.8, 4) is 11.3 Å². The van der Waals surface area contributed by atoms with Crippen LogP contribution in [-0.2, 0) is 0 Å². The summed E-state index contributed by atoms with van der Waals surface area (Å²) in [5.74, 6) is -4.16. The second-order valence-electron chi connectivity index (χ2n) is 4.54. The van der Waals surface area contributed by atoms with Crippen molar-refractivity contribution in [3.05, 3.63) is 41.3 Å². The van der Waals surface area contributed by atoms with E-state index in [1.54, 1.807) is 4.68 Å². The second kappa shape index (κ2) is 5.48. The van der Waals surface area contributed by atoms with E-state index in [-0.39, 0.29) is 22.9 Å². The summed E-state index contributed by atoms with van der Waals surface area (Å²) in [6, 6.07) is 1.70. The van der Waals surface area contributed by atoms with Crippen LogP contribution < -0.4 is 0 Å². The van der Waals surface area contributed by atoms with Crippen molar-refractivity contribution in [3.63, 3.8) is 0 Å². The summed E-state index contributed by atoms with van der Waals surface area (Å²) in [5, 5.41) is 4.16. The molecule has 2 aromatic rings. The number of nitrogens with zero attached hydrogens (tertiary/aromatic N) is 2. The standard InChI is InChI=1S/C14H13F3N2O/c1-3-8(2)19-6-10(7-20)14(18-19)9-4-11(15)13(17)12(16)5-9/h4-8H,3H2,1-2H3. The minimum Gasteiger partial charge on any atom is -0.298 e. The van der Waals surface area contributed by atoms with Crippen molar-refractivity contribution < 1.29 is 18.0 Å². The molecule has 0 fully saturated rings. The van der Waals surface area contributed by atoms with Gasteiger partial charge in [0.15, 0.2) is 23.7 Å². The molecule has 1 aromatic heterocycles. The molecule has 1 atom stereocenters. The van der Waals surface area contributed by atoms with Gasteiger partial charge in [-0.15, -0.1) is 0 Å². The molecule has 0 spiro atoms. The number of rotatable bonds is 4. The van der Waals surface area contributed by atoms with Gasteiger partial charge in [0.2, 0.25) is 0 Å². The zero-order valence-corrected chi connectivity index (χ0v) is 11.0. The van der Waals surface area contributed by atoms with E-state index in [1.807, 2.05) is 13.8 Å². The van der Waals surface area contributed by atoms with Crippen LogP contribution in [0.1, 0.15) is 36.7 Å². The maximum absolute atomic E-state index is 13.3. The first-order valence-corrected chi connectivity index (χ1v) is 6.17. The highest BCUT2D eigenvalue weighted by Gasteiger charge is 2.17. The lowest BCUT2D eigenvalue weighted by molar-refractivity contribution is 0.112. The lowest BCUT2D eigenvalue weighted by Crippen LogP contribution is -2.04. The zero-order valence-electron chi connectivity index (χ0n) is 11.0. The highest BCUT2D eigenvalue weighted by Crippen LogP contribution is 2.26. The van der Waals surface area contributed by atoms with Crippen molar-refractivity contribution in [2.45, 2.75) is 26.3 Å². The minimum absolute atomic E-state index is 0.0329. The number of carbonyl (C=O) groups excluding carboxylic acids is 1. The summed E-state index contributed by atoms with van der Waals surface area (Å²) in [7, 11) is 0. The van der Waals surface area contributed by atoms with Crippen molar-refractivity contribution in [2.75, 3.05) is 0 Å². The van der Waals surface area contributed by atoms with Crippen LogP contribution in [0.4, 0.5) is 13.2 Å². The van der Waals surface area contributed by atoms with E-state index in [0.29, 0.717) is 6.29 Å². The molecule has 1 unspecified atom stereocenters. The van der Waals surface area contributed by atoms with Crippen LogP contribution in [0.2, 0.25) is 0 Å². The van der Waals surface area contributed by atoms with E-state index in [1.165, 1.54) is 6.20 Å². The van der Waals surface area contributed by atoms with Crippen LogP contribution in [0.15, 0.2) is 18.3 Å². The Morgan fingerprint density at radius 3 is 2.40 bits per heavy atom. The zero-order chi connectivity index (χ0) is 14.9. The topological polar surface area (TPSA) is 34.9 Å². The molecule has 2 rings (SSSR count).